The lowest BCUT2D eigenvalue weighted by Crippen LogP contribution is -2.35. The van der Waals surface area contributed by atoms with Crippen molar-refractivity contribution in [1.82, 2.24) is 0 Å². The van der Waals surface area contributed by atoms with Gasteiger partial charge in [-0.2, -0.15) is 4.57 Å². The first-order chi connectivity index (χ1) is 17.9. The van der Waals surface area contributed by atoms with Gasteiger partial charge in [0.25, 0.3) is 5.01 Å². The zero-order valence-electron chi connectivity index (χ0n) is 22.5. The van der Waals surface area contributed by atoms with Crippen LogP contribution in [0, 0.1) is 12.8 Å². The Morgan fingerprint density at radius 1 is 1.14 bits per heavy atom. The molecule has 0 saturated carbocycles. The van der Waals surface area contributed by atoms with Crippen molar-refractivity contribution >= 4 is 45.1 Å². The standard InChI is InChI=1S/C31H37N2O2S2/c1-6-32-26-16-20(2)8-10-28(26)36-30(32)17-23-14-21(3)15-24(22(23)4)18-31-33(12-7-13-34)27-19-25(35-5)9-11-29(27)37-31/h8-11,16-19,21,34H,6-7,12-15H2,1-5H3/q+1. The average molecular weight is 534 g/mol. The summed E-state index contributed by atoms with van der Waals surface area (Å²) in [5.41, 5.74) is 8.08. The van der Waals surface area contributed by atoms with Crippen LogP contribution < -0.4 is 14.2 Å². The van der Waals surface area contributed by atoms with Gasteiger partial charge >= 0.3 is 0 Å². The fraction of sp³-hybridized carbons (Fsp3) is 0.387. The Morgan fingerprint density at radius 2 is 1.97 bits per heavy atom. The van der Waals surface area contributed by atoms with Gasteiger partial charge < -0.3 is 14.7 Å². The van der Waals surface area contributed by atoms with Gasteiger partial charge in [-0.25, -0.2) is 0 Å². The Bertz CT molecular complexity index is 1420. The highest BCUT2D eigenvalue weighted by Crippen LogP contribution is 2.47. The molecule has 1 aliphatic carbocycles. The number of thiazole rings is 1. The first-order valence-electron chi connectivity index (χ1n) is 13.2. The summed E-state index contributed by atoms with van der Waals surface area (Å²) >= 11 is 3.71. The topological polar surface area (TPSA) is 36.6 Å². The van der Waals surface area contributed by atoms with Gasteiger partial charge in [0.05, 0.1) is 23.9 Å². The lowest BCUT2D eigenvalue weighted by Gasteiger charge is -2.25. The van der Waals surface area contributed by atoms with Crippen LogP contribution in [0.3, 0.4) is 0 Å². The van der Waals surface area contributed by atoms with Crippen LogP contribution in [-0.2, 0) is 6.54 Å². The van der Waals surface area contributed by atoms with E-state index in [-0.39, 0.29) is 6.61 Å². The third-order valence-electron chi connectivity index (χ3n) is 7.37. The molecule has 5 rings (SSSR count). The first-order valence-corrected chi connectivity index (χ1v) is 14.8. The maximum atomic E-state index is 9.55. The highest BCUT2D eigenvalue weighted by atomic mass is 32.2. The number of methoxy groups -OCH3 is 1. The molecule has 0 radical (unpaired) electrons. The number of aliphatic hydroxyl groups excluding tert-OH is 1. The van der Waals surface area contributed by atoms with E-state index in [9.17, 15) is 5.11 Å². The SMILES string of the molecule is CCN1C(=CC2=C(C)C(=Cc3sc4ccc(OC)cc4[n+]3CCCO)CC(C)C2)Sc2ccc(C)cc21. The lowest BCUT2D eigenvalue weighted by molar-refractivity contribution is -0.669. The number of aromatic nitrogens is 1. The Balaban J connectivity index is 1.55. The predicted molar refractivity (Wildman–Crippen MR) is 157 cm³/mol. The second-order valence-corrected chi connectivity index (χ2v) is 12.3. The number of hydrogen-bond acceptors (Lipinski definition) is 5. The number of allylic oxidation sites excluding steroid dienone is 4. The van der Waals surface area contributed by atoms with E-state index < -0.39 is 0 Å². The number of hydrogen-bond donors (Lipinski definition) is 1. The molecular weight excluding hydrogens is 496 g/mol. The third-order valence-corrected chi connectivity index (χ3v) is 9.60. The molecule has 0 amide bonds. The quantitative estimate of drug-likeness (QED) is 0.319. The monoisotopic (exact) mass is 533 g/mol. The van der Waals surface area contributed by atoms with Crippen molar-refractivity contribution in [3.8, 4) is 5.75 Å². The van der Waals surface area contributed by atoms with E-state index in [2.05, 4.69) is 79.6 Å². The molecule has 1 atom stereocenters. The van der Waals surface area contributed by atoms with Gasteiger partial charge in [-0.3, -0.25) is 0 Å². The average Bonchev–Trinajstić information content (AvgIpc) is 3.41. The zero-order chi connectivity index (χ0) is 26.1. The molecule has 6 heteroatoms. The summed E-state index contributed by atoms with van der Waals surface area (Å²) in [5, 5.41) is 12.1. The Morgan fingerprint density at radius 3 is 2.73 bits per heavy atom. The lowest BCUT2D eigenvalue weighted by atomic mass is 9.81. The largest absolute Gasteiger partial charge is 0.497 e. The first kappa shape index (κ1) is 26.1. The number of ether oxygens (including phenoxy) is 1. The van der Waals surface area contributed by atoms with Crippen molar-refractivity contribution in [3.05, 3.63) is 74.8 Å². The Kier molecular flexibility index (Phi) is 7.80. The van der Waals surface area contributed by atoms with E-state index in [1.807, 2.05) is 29.2 Å². The van der Waals surface area contributed by atoms with Gasteiger partial charge in [0.1, 0.15) is 10.4 Å². The van der Waals surface area contributed by atoms with Gasteiger partial charge in [-0.1, -0.05) is 36.1 Å². The van der Waals surface area contributed by atoms with Crippen LogP contribution in [0.25, 0.3) is 16.3 Å². The molecule has 0 fully saturated rings. The molecule has 194 valence electrons. The number of thioether (sulfide) groups is 1. The summed E-state index contributed by atoms with van der Waals surface area (Å²) in [6.07, 6.45) is 7.76. The maximum Gasteiger partial charge on any atom is 0.263 e. The van der Waals surface area contributed by atoms with Crippen molar-refractivity contribution in [3.63, 3.8) is 0 Å². The number of benzene rings is 2. The van der Waals surface area contributed by atoms with Crippen LogP contribution in [0.4, 0.5) is 5.69 Å². The highest BCUT2D eigenvalue weighted by Gasteiger charge is 2.27. The molecule has 2 aliphatic rings. The van der Waals surface area contributed by atoms with Crippen molar-refractivity contribution in [2.75, 3.05) is 25.2 Å². The van der Waals surface area contributed by atoms with E-state index in [4.69, 9.17) is 4.74 Å². The number of aliphatic hydroxyl groups is 1. The van der Waals surface area contributed by atoms with Crippen LogP contribution in [0.2, 0.25) is 0 Å². The smallest absolute Gasteiger partial charge is 0.263 e. The van der Waals surface area contributed by atoms with E-state index in [0.717, 1.165) is 38.1 Å². The molecule has 4 nitrogen and oxygen atoms in total. The second kappa shape index (κ2) is 11.1. The molecule has 0 saturated heterocycles. The number of rotatable bonds is 7. The molecule has 1 N–H and O–H groups in total. The summed E-state index contributed by atoms with van der Waals surface area (Å²) in [6.45, 7) is 11.0. The van der Waals surface area contributed by atoms with E-state index in [1.54, 1.807) is 7.11 Å². The number of fused-ring (bicyclic) bond motifs is 2. The van der Waals surface area contributed by atoms with E-state index >= 15 is 0 Å². The van der Waals surface area contributed by atoms with Gasteiger partial charge in [0.15, 0.2) is 6.54 Å². The van der Waals surface area contributed by atoms with Crippen LogP contribution in [-0.4, -0.2) is 25.4 Å². The van der Waals surface area contributed by atoms with Crippen molar-refractivity contribution in [2.24, 2.45) is 5.92 Å². The van der Waals surface area contributed by atoms with E-state index in [1.165, 1.54) is 53.1 Å². The molecule has 37 heavy (non-hydrogen) atoms. The fourth-order valence-corrected chi connectivity index (χ4v) is 7.70. The van der Waals surface area contributed by atoms with Crippen molar-refractivity contribution in [2.45, 2.75) is 58.4 Å². The van der Waals surface area contributed by atoms with Gasteiger partial charge in [-0.15, -0.1) is 0 Å². The van der Waals surface area contributed by atoms with Crippen LogP contribution in [0.1, 0.15) is 50.6 Å². The Labute approximate surface area is 229 Å². The normalized spacial score (nSPS) is 19.9. The summed E-state index contributed by atoms with van der Waals surface area (Å²) < 4.78 is 9.10. The van der Waals surface area contributed by atoms with E-state index in [0.29, 0.717) is 5.92 Å². The van der Waals surface area contributed by atoms with Crippen LogP contribution >= 0.6 is 23.1 Å². The number of aryl methyl sites for hydroxylation is 2. The van der Waals surface area contributed by atoms with Gasteiger partial charge in [0.2, 0.25) is 5.52 Å². The fourth-order valence-electron chi connectivity index (χ4n) is 5.39. The summed E-state index contributed by atoms with van der Waals surface area (Å²) in [4.78, 5) is 3.81. The minimum absolute atomic E-state index is 0.186. The molecule has 2 aromatic carbocycles. The Hall–Kier alpha value is -2.54. The van der Waals surface area contributed by atoms with Gasteiger partial charge in [0, 0.05) is 30.5 Å². The molecule has 0 spiro atoms. The minimum atomic E-state index is 0.186. The summed E-state index contributed by atoms with van der Waals surface area (Å²) in [5.74, 6) is 1.46. The van der Waals surface area contributed by atoms with Crippen molar-refractivity contribution < 1.29 is 14.4 Å². The molecule has 2 heterocycles. The maximum absolute atomic E-state index is 9.55. The molecular formula is C31H37N2O2S2+. The third kappa shape index (κ3) is 5.25. The van der Waals surface area contributed by atoms with Crippen molar-refractivity contribution in [1.29, 1.82) is 0 Å². The van der Waals surface area contributed by atoms with Crippen LogP contribution in [0.15, 0.2) is 69.1 Å². The second-order valence-electron chi connectivity index (χ2n) is 10.1. The molecule has 3 aromatic rings. The van der Waals surface area contributed by atoms with Gasteiger partial charge in [-0.05, 0) is 92.2 Å². The molecule has 1 unspecified atom stereocenters. The molecule has 0 bridgehead atoms. The number of nitrogens with zero attached hydrogens (tertiary/aromatic N) is 2. The summed E-state index contributed by atoms with van der Waals surface area (Å²) in [7, 11) is 1.71. The summed E-state index contributed by atoms with van der Waals surface area (Å²) in [6, 6.07) is 13.1. The van der Waals surface area contributed by atoms with Crippen LogP contribution in [0.5, 0.6) is 5.75 Å². The molecule has 1 aliphatic heterocycles. The number of anilines is 1. The highest BCUT2D eigenvalue weighted by molar-refractivity contribution is 8.03. The minimum Gasteiger partial charge on any atom is -0.497 e. The molecule has 1 aromatic heterocycles. The predicted octanol–water partition coefficient (Wildman–Crippen LogP) is 7.49. The zero-order valence-corrected chi connectivity index (χ0v) is 24.1.